The minimum Gasteiger partial charge on any atom is -0.508 e. The summed E-state index contributed by atoms with van der Waals surface area (Å²) in [6.45, 7) is 6.83. The highest BCUT2D eigenvalue weighted by molar-refractivity contribution is 6.29. The Kier molecular flexibility index (Phi) is 9.18. The van der Waals surface area contributed by atoms with Crippen molar-refractivity contribution in [2.75, 3.05) is 17.3 Å². The van der Waals surface area contributed by atoms with E-state index < -0.39 is 6.04 Å². The highest BCUT2D eigenvalue weighted by atomic mass is 35.5. The summed E-state index contributed by atoms with van der Waals surface area (Å²) in [6.07, 6.45) is 2.94. The van der Waals surface area contributed by atoms with Crippen LogP contribution in [0.25, 0.3) is 0 Å². The number of nitrogens with one attached hydrogen (secondary N) is 1. The van der Waals surface area contributed by atoms with Gasteiger partial charge in [0.15, 0.2) is 0 Å². The van der Waals surface area contributed by atoms with Gasteiger partial charge in [0.1, 0.15) is 17.7 Å². The van der Waals surface area contributed by atoms with Crippen molar-refractivity contribution in [3.05, 3.63) is 59.7 Å². The lowest BCUT2D eigenvalue weighted by molar-refractivity contribution is -0.125. The van der Waals surface area contributed by atoms with Gasteiger partial charge in [0.05, 0.1) is 0 Å². The largest absolute Gasteiger partial charge is 0.508 e. The number of amides is 2. The number of aromatic hydroxyl groups is 1. The van der Waals surface area contributed by atoms with Gasteiger partial charge in [-0.25, -0.2) is 0 Å². The molecule has 0 bridgehead atoms. The molecular formula is C24H31ClN2O3. The van der Waals surface area contributed by atoms with Crippen molar-refractivity contribution >= 4 is 29.1 Å². The van der Waals surface area contributed by atoms with Crippen molar-refractivity contribution in [1.29, 1.82) is 0 Å². The van der Waals surface area contributed by atoms with Crippen LogP contribution < -0.4 is 10.2 Å². The molecule has 1 atom stereocenters. The first-order chi connectivity index (χ1) is 14.4. The molecule has 2 aromatic carbocycles. The lowest BCUT2D eigenvalue weighted by Crippen LogP contribution is -2.44. The topological polar surface area (TPSA) is 69.6 Å². The first-order valence-electron chi connectivity index (χ1n) is 10.4. The van der Waals surface area contributed by atoms with E-state index in [0.29, 0.717) is 23.7 Å². The number of anilines is 1. The molecule has 1 unspecified atom stereocenters. The van der Waals surface area contributed by atoms with Gasteiger partial charge in [0, 0.05) is 12.2 Å². The maximum absolute atomic E-state index is 13.2. The Hall–Kier alpha value is -2.53. The second kappa shape index (κ2) is 11.6. The van der Waals surface area contributed by atoms with Crippen LogP contribution in [0.2, 0.25) is 0 Å². The fourth-order valence-electron chi connectivity index (χ4n) is 3.28. The van der Waals surface area contributed by atoms with E-state index in [1.807, 2.05) is 24.3 Å². The summed E-state index contributed by atoms with van der Waals surface area (Å²) in [6, 6.07) is 13.1. The van der Waals surface area contributed by atoms with Gasteiger partial charge < -0.3 is 10.4 Å². The van der Waals surface area contributed by atoms with Crippen molar-refractivity contribution in [2.45, 2.75) is 52.0 Å². The minimum atomic E-state index is -0.886. The third-order valence-corrected chi connectivity index (χ3v) is 5.24. The smallest absolute Gasteiger partial charge is 0.247 e. The zero-order valence-electron chi connectivity index (χ0n) is 17.9. The zero-order valence-corrected chi connectivity index (χ0v) is 18.7. The third-order valence-electron chi connectivity index (χ3n) is 5.02. The molecular weight excluding hydrogens is 400 g/mol. The number of alkyl halides is 1. The Bertz CT molecular complexity index is 819. The van der Waals surface area contributed by atoms with Crippen molar-refractivity contribution in [3.63, 3.8) is 0 Å². The number of rotatable bonds is 10. The molecule has 2 aromatic rings. The Morgan fingerprint density at radius 3 is 2.13 bits per heavy atom. The van der Waals surface area contributed by atoms with Gasteiger partial charge in [-0.3, -0.25) is 14.5 Å². The van der Waals surface area contributed by atoms with Crippen LogP contribution >= 0.6 is 11.6 Å². The number of carbonyl (C=O) groups excluding carboxylic acids is 2. The number of hydrogen-bond acceptors (Lipinski definition) is 3. The van der Waals surface area contributed by atoms with Crippen molar-refractivity contribution < 1.29 is 14.7 Å². The first-order valence-corrected chi connectivity index (χ1v) is 11.0. The molecule has 2 amide bonds. The summed E-state index contributed by atoms with van der Waals surface area (Å²) in [5, 5.41) is 12.6. The summed E-state index contributed by atoms with van der Waals surface area (Å²) in [5.74, 6) is -0.439. The number of phenolic OH excluding ortho intramolecular Hbond substituents is 1. The predicted molar refractivity (Wildman–Crippen MR) is 122 cm³/mol. The summed E-state index contributed by atoms with van der Waals surface area (Å²) in [7, 11) is 0. The Balaban J connectivity index is 2.44. The van der Waals surface area contributed by atoms with E-state index in [9.17, 15) is 14.7 Å². The van der Waals surface area contributed by atoms with Crippen molar-refractivity contribution in [1.82, 2.24) is 5.32 Å². The first kappa shape index (κ1) is 23.7. The minimum absolute atomic E-state index is 0.0948. The van der Waals surface area contributed by atoms with E-state index in [4.69, 9.17) is 11.6 Å². The van der Waals surface area contributed by atoms with Crippen LogP contribution in [0.4, 0.5) is 5.69 Å². The van der Waals surface area contributed by atoms with E-state index in [0.717, 1.165) is 24.8 Å². The van der Waals surface area contributed by atoms with Gasteiger partial charge in [0.2, 0.25) is 11.8 Å². The van der Waals surface area contributed by atoms with Crippen molar-refractivity contribution in [3.8, 4) is 5.75 Å². The number of nitrogens with zero attached hydrogens (tertiary/aromatic N) is 1. The lowest BCUT2D eigenvalue weighted by Gasteiger charge is -2.31. The number of halogens is 1. The molecule has 6 heteroatoms. The van der Waals surface area contributed by atoms with Crippen LogP contribution in [0.15, 0.2) is 48.5 Å². The average Bonchev–Trinajstić information content (AvgIpc) is 2.75. The molecule has 0 heterocycles. The average molecular weight is 431 g/mol. The standard InChI is InChI=1S/C24H31ClN2O3/c1-4-5-6-15-26-24(30)23(19-9-13-21(28)14-10-19)27(22(29)16-25)20-11-7-18(8-12-20)17(2)3/h7-14,17,23,28H,4-6,15-16H2,1-3H3,(H,26,30). The second-order valence-electron chi connectivity index (χ2n) is 7.64. The summed E-state index contributed by atoms with van der Waals surface area (Å²) >= 11 is 5.92. The Morgan fingerprint density at radius 2 is 1.60 bits per heavy atom. The predicted octanol–water partition coefficient (Wildman–Crippen LogP) is 5.14. The Morgan fingerprint density at radius 1 is 1.00 bits per heavy atom. The van der Waals surface area contributed by atoms with Crippen molar-refractivity contribution in [2.24, 2.45) is 0 Å². The summed E-state index contributed by atoms with van der Waals surface area (Å²) < 4.78 is 0. The summed E-state index contributed by atoms with van der Waals surface area (Å²) in [5.41, 5.74) is 2.35. The molecule has 0 fully saturated rings. The van der Waals surface area contributed by atoms with E-state index in [-0.39, 0.29) is 23.4 Å². The molecule has 5 nitrogen and oxygen atoms in total. The van der Waals surface area contributed by atoms with Gasteiger partial charge in [-0.2, -0.15) is 0 Å². The molecule has 0 aliphatic rings. The van der Waals surface area contributed by atoms with Crippen LogP contribution in [-0.2, 0) is 9.59 Å². The SMILES string of the molecule is CCCCCNC(=O)C(c1ccc(O)cc1)N(C(=O)CCl)c1ccc(C(C)C)cc1. The molecule has 0 radical (unpaired) electrons. The van der Waals surface area contributed by atoms with E-state index in [1.165, 1.54) is 17.0 Å². The number of unbranched alkanes of at least 4 members (excludes halogenated alkanes) is 2. The monoisotopic (exact) mass is 430 g/mol. The lowest BCUT2D eigenvalue weighted by atomic mass is 10.0. The fraction of sp³-hybridized carbons (Fsp3) is 0.417. The zero-order chi connectivity index (χ0) is 22.1. The quantitative estimate of drug-likeness (QED) is 0.405. The van der Waals surface area contributed by atoms with E-state index >= 15 is 0 Å². The third kappa shape index (κ3) is 6.23. The molecule has 0 aliphatic heterocycles. The molecule has 0 saturated heterocycles. The van der Waals surface area contributed by atoms with Crippen LogP contribution in [-0.4, -0.2) is 29.3 Å². The van der Waals surface area contributed by atoms with Gasteiger partial charge in [-0.1, -0.05) is 57.9 Å². The van der Waals surface area contributed by atoms with Crippen LogP contribution in [0, 0.1) is 0 Å². The molecule has 162 valence electrons. The second-order valence-corrected chi connectivity index (χ2v) is 7.90. The normalized spacial score (nSPS) is 11.9. The Labute approximate surface area is 184 Å². The number of carbonyl (C=O) groups is 2. The maximum Gasteiger partial charge on any atom is 0.247 e. The molecule has 0 aromatic heterocycles. The highest BCUT2D eigenvalue weighted by Gasteiger charge is 2.32. The molecule has 0 saturated carbocycles. The number of benzene rings is 2. The van der Waals surface area contributed by atoms with Gasteiger partial charge in [-0.15, -0.1) is 11.6 Å². The fourth-order valence-corrected chi connectivity index (χ4v) is 3.41. The molecule has 0 spiro atoms. The highest BCUT2D eigenvalue weighted by Crippen LogP contribution is 2.30. The maximum atomic E-state index is 13.2. The molecule has 2 rings (SSSR count). The number of hydrogen-bond donors (Lipinski definition) is 2. The number of phenols is 1. The van der Waals surface area contributed by atoms with Crippen LogP contribution in [0.5, 0.6) is 5.75 Å². The van der Waals surface area contributed by atoms with E-state index in [1.54, 1.807) is 12.1 Å². The van der Waals surface area contributed by atoms with Crippen LogP contribution in [0.3, 0.4) is 0 Å². The molecule has 0 aliphatic carbocycles. The van der Waals surface area contributed by atoms with Gasteiger partial charge in [-0.05, 0) is 47.7 Å². The van der Waals surface area contributed by atoms with Crippen LogP contribution in [0.1, 0.15) is 63.1 Å². The van der Waals surface area contributed by atoms with Gasteiger partial charge in [0.25, 0.3) is 0 Å². The van der Waals surface area contributed by atoms with Gasteiger partial charge >= 0.3 is 0 Å². The molecule has 2 N–H and O–H groups in total. The van der Waals surface area contributed by atoms with E-state index in [2.05, 4.69) is 26.1 Å². The molecule has 30 heavy (non-hydrogen) atoms. The summed E-state index contributed by atoms with van der Waals surface area (Å²) in [4.78, 5) is 27.5.